The van der Waals surface area contributed by atoms with Crippen LogP contribution in [0.1, 0.15) is 97.3 Å². The summed E-state index contributed by atoms with van der Waals surface area (Å²) in [6.07, 6.45) is 18.3. The highest BCUT2D eigenvalue weighted by Gasteiger charge is 1.99. The average Bonchev–Trinajstić information content (AvgIpc) is 2.32. The minimum absolute atomic E-state index is 0.904. The van der Waals surface area contributed by atoms with Crippen molar-refractivity contribution >= 4 is 0 Å². The summed E-state index contributed by atoms with van der Waals surface area (Å²) in [7, 11) is 0. The molecule has 0 aromatic carbocycles. The summed E-state index contributed by atoms with van der Waals surface area (Å²) in [6.45, 7) is 8.59. The van der Waals surface area contributed by atoms with E-state index in [2.05, 4.69) is 20.8 Å². The quantitative estimate of drug-likeness (QED) is 0.320. The minimum atomic E-state index is 0.904. The average molecular weight is 239 g/mol. The number of hydrogen-bond acceptors (Lipinski definition) is 0. The summed E-state index contributed by atoms with van der Waals surface area (Å²) in [5, 5.41) is 0. The summed E-state index contributed by atoms with van der Waals surface area (Å²) in [5.74, 6) is 0.904. The van der Waals surface area contributed by atoms with E-state index in [-0.39, 0.29) is 0 Å². The molecule has 0 spiro atoms. The Kier molecular flexibility index (Phi) is 14.1. The van der Waals surface area contributed by atoms with Crippen LogP contribution in [0.2, 0.25) is 0 Å². The molecule has 0 aliphatic heterocycles. The van der Waals surface area contributed by atoms with Crippen LogP contribution in [-0.4, -0.2) is 0 Å². The first kappa shape index (κ1) is 17.0. The van der Waals surface area contributed by atoms with Gasteiger partial charge < -0.3 is 0 Å². The second kappa shape index (κ2) is 14.1. The maximum absolute atomic E-state index is 3.92. The van der Waals surface area contributed by atoms with E-state index in [9.17, 15) is 0 Å². The van der Waals surface area contributed by atoms with Crippen LogP contribution in [0.4, 0.5) is 0 Å². The van der Waals surface area contributed by atoms with E-state index >= 15 is 0 Å². The van der Waals surface area contributed by atoms with Gasteiger partial charge >= 0.3 is 0 Å². The SMILES string of the molecule is [CH2]CCC(C)CCCCCCCCCCCC. The molecule has 17 heavy (non-hydrogen) atoms. The monoisotopic (exact) mass is 239 g/mol. The standard InChI is InChI=1S/C17H35/c1-4-6-7-8-9-10-11-12-13-14-16-17(3)15-5-2/h17H,2,4-16H2,1,3H3. The fourth-order valence-corrected chi connectivity index (χ4v) is 2.47. The van der Waals surface area contributed by atoms with Crippen LogP contribution < -0.4 is 0 Å². The Labute approximate surface area is 111 Å². The topological polar surface area (TPSA) is 0 Å². The smallest absolute Gasteiger partial charge is 0.0443 e. The molecule has 0 N–H and O–H groups in total. The van der Waals surface area contributed by atoms with Gasteiger partial charge in [-0.05, 0) is 5.92 Å². The Balaban J connectivity index is 2.98. The first-order chi connectivity index (χ1) is 8.31. The molecule has 1 radical (unpaired) electrons. The van der Waals surface area contributed by atoms with E-state index in [1.165, 1.54) is 77.0 Å². The summed E-state index contributed by atoms with van der Waals surface area (Å²) >= 11 is 0. The van der Waals surface area contributed by atoms with Crippen molar-refractivity contribution in [1.29, 1.82) is 0 Å². The Morgan fingerprint density at radius 2 is 1.18 bits per heavy atom. The zero-order valence-electron chi connectivity index (χ0n) is 12.5. The van der Waals surface area contributed by atoms with Crippen LogP contribution >= 0.6 is 0 Å². The van der Waals surface area contributed by atoms with Crippen LogP contribution in [0.25, 0.3) is 0 Å². The van der Waals surface area contributed by atoms with Crippen molar-refractivity contribution in [2.24, 2.45) is 5.92 Å². The van der Waals surface area contributed by atoms with Crippen LogP contribution in [0.3, 0.4) is 0 Å². The summed E-state index contributed by atoms with van der Waals surface area (Å²) in [6, 6.07) is 0. The van der Waals surface area contributed by atoms with E-state index in [0.29, 0.717) is 0 Å². The molecule has 0 aromatic rings. The fourth-order valence-electron chi connectivity index (χ4n) is 2.47. The van der Waals surface area contributed by atoms with Gasteiger partial charge in [0.1, 0.15) is 0 Å². The second-order valence-electron chi connectivity index (χ2n) is 5.72. The van der Waals surface area contributed by atoms with Gasteiger partial charge in [-0.1, -0.05) is 104 Å². The van der Waals surface area contributed by atoms with Crippen LogP contribution in [-0.2, 0) is 0 Å². The molecule has 0 bridgehead atoms. The molecule has 0 heteroatoms. The highest BCUT2D eigenvalue weighted by molar-refractivity contribution is 4.55. The van der Waals surface area contributed by atoms with Crippen molar-refractivity contribution in [3.63, 3.8) is 0 Å². The predicted octanol–water partition coefficient (Wildman–Crippen LogP) is 6.55. The molecule has 1 atom stereocenters. The zero-order chi connectivity index (χ0) is 12.8. The van der Waals surface area contributed by atoms with Crippen molar-refractivity contribution in [3.05, 3.63) is 6.92 Å². The van der Waals surface area contributed by atoms with Crippen molar-refractivity contribution in [1.82, 2.24) is 0 Å². The lowest BCUT2D eigenvalue weighted by Crippen LogP contribution is -1.93. The van der Waals surface area contributed by atoms with Gasteiger partial charge in [-0.2, -0.15) is 0 Å². The van der Waals surface area contributed by atoms with Crippen molar-refractivity contribution in [3.8, 4) is 0 Å². The molecule has 0 saturated heterocycles. The predicted molar refractivity (Wildman–Crippen MR) is 80.2 cm³/mol. The molecule has 1 unspecified atom stereocenters. The van der Waals surface area contributed by atoms with E-state index < -0.39 is 0 Å². The van der Waals surface area contributed by atoms with Gasteiger partial charge in [0.2, 0.25) is 0 Å². The Morgan fingerprint density at radius 1 is 0.706 bits per heavy atom. The third kappa shape index (κ3) is 13.9. The molecule has 0 nitrogen and oxygen atoms in total. The van der Waals surface area contributed by atoms with Crippen LogP contribution in [0, 0.1) is 12.8 Å². The molecule has 0 aromatic heterocycles. The molecule has 0 amide bonds. The first-order valence-electron chi connectivity index (χ1n) is 8.10. The van der Waals surface area contributed by atoms with E-state index in [1.807, 2.05) is 0 Å². The van der Waals surface area contributed by atoms with Gasteiger partial charge in [-0.3, -0.25) is 0 Å². The normalized spacial score (nSPS) is 12.9. The Bertz CT molecular complexity index is 128. The lowest BCUT2D eigenvalue weighted by molar-refractivity contribution is 0.456. The molecular weight excluding hydrogens is 204 g/mol. The third-order valence-corrected chi connectivity index (χ3v) is 3.75. The fraction of sp³-hybridized carbons (Fsp3) is 0.941. The Morgan fingerprint density at radius 3 is 1.65 bits per heavy atom. The maximum atomic E-state index is 3.92. The number of hydrogen-bond donors (Lipinski definition) is 0. The van der Waals surface area contributed by atoms with Gasteiger partial charge in [0.05, 0.1) is 0 Å². The highest BCUT2D eigenvalue weighted by Crippen LogP contribution is 2.16. The van der Waals surface area contributed by atoms with Gasteiger partial charge in [0, 0.05) is 0 Å². The largest absolute Gasteiger partial charge is 0.0654 e. The molecule has 0 aliphatic rings. The van der Waals surface area contributed by atoms with Crippen molar-refractivity contribution in [2.45, 2.75) is 97.3 Å². The van der Waals surface area contributed by atoms with E-state index in [1.54, 1.807) is 0 Å². The minimum Gasteiger partial charge on any atom is -0.0654 e. The lowest BCUT2D eigenvalue weighted by atomic mass is 9.98. The second-order valence-corrected chi connectivity index (χ2v) is 5.72. The molecule has 103 valence electrons. The first-order valence-corrected chi connectivity index (χ1v) is 8.10. The zero-order valence-corrected chi connectivity index (χ0v) is 12.5. The molecule has 0 saturated carbocycles. The van der Waals surface area contributed by atoms with Crippen molar-refractivity contribution in [2.75, 3.05) is 0 Å². The van der Waals surface area contributed by atoms with Crippen LogP contribution in [0.15, 0.2) is 0 Å². The molecule has 0 rings (SSSR count). The summed E-state index contributed by atoms with van der Waals surface area (Å²) in [5.41, 5.74) is 0. The summed E-state index contributed by atoms with van der Waals surface area (Å²) in [4.78, 5) is 0. The Hall–Kier alpha value is 0. The van der Waals surface area contributed by atoms with Gasteiger partial charge in [0.25, 0.3) is 0 Å². The number of rotatable bonds is 13. The molecular formula is C17H35. The van der Waals surface area contributed by atoms with Gasteiger partial charge in [-0.25, -0.2) is 0 Å². The lowest BCUT2D eigenvalue weighted by Gasteiger charge is -2.09. The van der Waals surface area contributed by atoms with Crippen molar-refractivity contribution < 1.29 is 0 Å². The molecule has 0 heterocycles. The van der Waals surface area contributed by atoms with E-state index in [4.69, 9.17) is 0 Å². The molecule has 0 fully saturated rings. The van der Waals surface area contributed by atoms with Gasteiger partial charge in [0.15, 0.2) is 0 Å². The number of unbranched alkanes of at least 4 members (excludes halogenated alkanes) is 9. The maximum Gasteiger partial charge on any atom is -0.0443 e. The molecule has 0 aliphatic carbocycles. The third-order valence-electron chi connectivity index (χ3n) is 3.75. The van der Waals surface area contributed by atoms with Crippen LogP contribution in [0.5, 0.6) is 0 Å². The van der Waals surface area contributed by atoms with E-state index in [0.717, 1.165) is 12.3 Å². The van der Waals surface area contributed by atoms with Gasteiger partial charge in [-0.15, -0.1) is 0 Å². The highest BCUT2D eigenvalue weighted by atomic mass is 14.1. The summed E-state index contributed by atoms with van der Waals surface area (Å²) < 4.78 is 0.